The van der Waals surface area contributed by atoms with Gasteiger partial charge < -0.3 is 10.1 Å². The van der Waals surface area contributed by atoms with E-state index in [1.165, 1.54) is 0 Å². The number of nitrogens with one attached hydrogen (secondary N) is 1. The van der Waals surface area contributed by atoms with Crippen LogP contribution in [0.15, 0.2) is 48.8 Å². The third-order valence-corrected chi connectivity index (χ3v) is 3.07. The summed E-state index contributed by atoms with van der Waals surface area (Å²) >= 11 is 0. The molecule has 0 bridgehead atoms. The van der Waals surface area contributed by atoms with E-state index >= 15 is 0 Å². The Labute approximate surface area is 125 Å². The summed E-state index contributed by atoms with van der Waals surface area (Å²) in [5.41, 5.74) is 2.66. The summed E-state index contributed by atoms with van der Waals surface area (Å²) in [6.07, 6.45) is 5.50. The summed E-state index contributed by atoms with van der Waals surface area (Å²) in [6.45, 7) is 3.25. The molecule has 1 aromatic carbocycles. The molecule has 0 aliphatic heterocycles. The minimum absolute atomic E-state index is 0.262. The Morgan fingerprint density at radius 1 is 1.24 bits per heavy atom. The van der Waals surface area contributed by atoms with Crippen molar-refractivity contribution in [3.05, 3.63) is 59.9 Å². The van der Waals surface area contributed by atoms with Crippen molar-refractivity contribution < 1.29 is 9.53 Å². The Morgan fingerprint density at radius 3 is 2.71 bits per heavy atom. The lowest BCUT2D eigenvalue weighted by molar-refractivity contribution is 0.0500. The predicted molar refractivity (Wildman–Crippen MR) is 83.2 cm³/mol. The third kappa shape index (κ3) is 4.91. The number of pyridine rings is 1. The number of anilines is 1. The smallest absolute Gasteiger partial charge is 0.338 e. The zero-order chi connectivity index (χ0) is 14.9. The van der Waals surface area contributed by atoms with Crippen molar-refractivity contribution in [3.8, 4) is 0 Å². The summed E-state index contributed by atoms with van der Waals surface area (Å²) in [7, 11) is 0. The van der Waals surface area contributed by atoms with E-state index < -0.39 is 0 Å². The molecule has 0 amide bonds. The minimum atomic E-state index is -0.262. The van der Waals surface area contributed by atoms with Gasteiger partial charge in [0.15, 0.2) is 0 Å². The summed E-state index contributed by atoms with van der Waals surface area (Å²) in [6, 6.07) is 11.2. The molecule has 21 heavy (non-hydrogen) atoms. The van der Waals surface area contributed by atoms with Crippen LogP contribution in [0.2, 0.25) is 0 Å². The van der Waals surface area contributed by atoms with Crippen molar-refractivity contribution in [1.82, 2.24) is 4.98 Å². The molecule has 4 heteroatoms. The molecule has 1 aromatic heterocycles. The average molecular weight is 284 g/mol. The molecule has 0 atom stereocenters. The number of aromatic nitrogens is 1. The summed E-state index contributed by atoms with van der Waals surface area (Å²) in [4.78, 5) is 15.8. The Morgan fingerprint density at radius 2 is 2.05 bits per heavy atom. The molecule has 110 valence electrons. The van der Waals surface area contributed by atoms with Gasteiger partial charge in [-0.1, -0.05) is 19.4 Å². The van der Waals surface area contributed by atoms with Gasteiger partial charge in [-0.25, -0.2) is 4.79 Å². The first-order valence-electron chi connectivity index (χ1n) is 7.19. The second kappa shape index (κ2) is 8.04. The van der Waals surface area contributed by atoms with Crippen LogP contribution < -0.4 is 5.32 Å². The largest absolute Gasteiger partial charge is 0.462 e. The standard InChI is InChI=1S/C17H20N2O2/c1-2-3-11-21-17(20)15-6-8-16(9-7-15)19-13-14-5-4-10-18-12-14/h4-10,12,19H,2-3,11,13H2,1H3. The highest BCUT2D eigenvalue weighted by Crippen LogP contribution is 2.12. The van der Waals surface area contributed by atoms with Crippen LogP contribution in [0.25, 0.3) is 0 Å². The van der Waals surface area contributed by atoms with Crippen LogP contribution >= 0.6 is 0 Å². The van der Waals surface area contributed by atoms with Gasteiger partial charge in [0.1, 0.15) is 0 Å². The quantitative estimate of drug-likeness (QED) is 0.623. The number of nitrogens with zero attached hydrogens (tertiary/aromatic N) is 1. The van der Waals surface area contributed by atoms with Gasteiger partial charge in [0.2, 0.25) is 0 Å². The SMILES string of the molecule is CCCCOC(=O)c1ccc(NCc2cccnc2)cc1. The van der Waals surface area contributed by atoms with Gasteiger partial charge in [0.25, 0.3) is 0 Å². The number of carbonyl (C=O) groups is 1. The minimum Gasteiger partial charge on any atom is -0.462 e. The van der Waals surface area contributed by atoms with Crippen molar-refractivity contribution in [2.45, 2.75) is 26.3 Å². The topological polar surface area (TPSA) is 51.2 Å². The molecule has 0 aliphatic rings. The highest BCUT2D eigenvalue weighted by molar-refractivity contribution is 5.89. The number of rotatable bonds is 7. The van der Waals surface area contributed by atoms with E-state index in [0.29, 0.717) is 18.7 Å². The van der Waals surface area contributed by atoms with Gasteiger partial charge >= 0.3 is 5.97 Å². The molecule has 0 unspecified atom stereocenters. The van der Waals surface area contributed by atoms with Crippen LogP contribution in [0.4, 0.5) is 5.69 Å². The predicted octanol–water partition coefficient (Wildman–Crippen LogP) is 3.65. The monoisotopic (exact) mass is 284 g/mol. The van der Waals surface area contributed by atoms with Gasteiger partial charge in [-0.2, -0.15) is 0 Å². The molecule has 0 aliphatic carbocycles. The number of unbranched alkanes of at least 4 members (excludes halogenated alkanes) is 1. The van der Waals surface area contributed by atoms with E-state index in [2.05, 4.69) is 17.2 Å². The second-order valence-electron chi connectivity index (χ2n) is 4.78. The first-order valence-corrected chi connectivity index (χ1v) is 7.19. The van der Waals surface area contributed by atoms with Crippen molar-refractivity contribution >= 4 is 11.7 Å². The lowest BCUT2D eigenvalue weighted by atomic mass is 10.2. The molecule has 1 N–H and O–H groups in total. The average Bonchev–Trinajstić information content (AvgIpc) is 2.54. The fraction of sp³-hybridized carbons (Fsp3) is 0.294. The zero-order valence-electron chi connectivity index (χ0n) is 12.2. The van der Waals surface area contributed by atoms with E-state index in [1.54, 1.807) is 18.3 Å². The molecule has 0 saturated heterocycles. The van der Waals surface area contributed by atoms with E-state index in [9.17, 15) is 4.79 Å². The van der Waals surface area contributed by atoms with Gasteiger partial charge in [0.05, 0.1) is 12.2 Å². The Balaban J connectivity index is 1.85. The maximum Gasteiger partial charge on any atom is 0.338 e. The van der Waals surface area contributed by atoms with Crippen LogP contribution in [0.3, 0.4) is 0 Å². The fourth-order valence-corrected chi connectivity index (χ4v) is 1.82. The third-order valence-electron chi connectivity index (χ3n) is 3.07. The van der Waals surface area contributed by atoms with E-state index in [1.807, 2.05) is 30.5 Å². The molecular formula is C17H20N2O2. The van der Waals surface area contributed by atoms with Crippen LogP contribution in [-0.2, 0) is 11.3 Å². The summed E-state index contributed by atoms with van der Waals surface area (Å²) in [5.74, 6) is -0.262. The molecule has 4 nitrogen and oxygen atoms in total. The molecule has 1 heterocycles. The molecule has 0 spiro atoms. The van der Waals surface area contributed by atoms with E-state index in [-0.39, 0.29) is 5.97 Å². The van der Waals surface area contributed by atoms with Crippen LogP contribution in [0.5, 0.6) is 0 Å². The van der Waals surface area contributed by atoms with E-state index in [4.69, 9.17) is 4.74 Å². The first kappa shape index (κ1) is 15.0. The molecule has 2 rings (SSSR count). The van der Waals surface area contributed by atoms with Gasteiger partial charge in [-0.15, -0.1) is 0 Å². The normalized spacial score (nSPS) is 10.1. The second-order valence-corrected chi connectivity index (χ2v) is 4.78. The van der Waals surface area contributed by atoms with Crippen molar-refractivity contribution in [2.75, 3.05) is 11.9 Å². The fourth-order valence-electron chi connectivity index (χ4n) is 1.82. The number of hydrogen-bond acceptors (Lipinski definition) is 4. The lowest BCUT2D eigenvalue weighted by Gasteiger charge is -2.07. The van der Waals surface area contributed by atoms with Crippen molar-refractivity contribution in [3.63, 3.8) is 0 Å². The Kier molecular flexibility index (Phi) is 5.76. The summed E-state index contributed by atoms with van der Waals surface area (Å²) < 4.78 is 5.17. The van der Waals surface area contributed by atoms with Crippen LogP contribution in [-0.4, -0.2) is 17.6 Å². The molecular weight excluding hydrogens is 264 g/mol. The van der Waals surface area contributed by atoms with Gasteiger partial charge in [-0.05, 0) is 42.3 Å². The number of carbonyl (C=O) groups excluding carboxylic acids is 1. The number of esters is 1. The molecule has 0 saturated carbocycles. The van der Waals surface area contributed by atoms with Crippen molar-refractivity contribution in [2.24, 2.45) is 0 Å². The highest BCUT2D eigenvalue weighted by Gasteiger charge is 2.06. The first-order chi connectivity index (χ1) is 10.3. The molecule has 0 radical (unpaired) electrons. The number of ether oxygens (including phenoxy) is 1. The lowest BCUT2D eigenvalue weighted by Crippen LogP contribution is -2.06. The zero-order valence-corrected chi connectivity index (χ0v) is 12.2. The van der Waals surface area contributed by atoms with Crippen molar-refractivity contribution in [1.29, 1.82) is 0 Å². The van der Waals surface area contributed by atoms with Crippen LogP contribution in [0, 0.1) is 0 Å². The maximum absolute atomic E-state index is 11.8. The Hall–Kier alpha value is -2.36. The molecule has 0 fully saturated rings. The molecule has 2 aromatic rings. The highest BCUT2D eigenvalue weighted by atomic mass is 16.5. The van der Waals surface area contributed by atoms with Crippen LogP contribution in [0.1, 0.15) is 35.7 Å². The summed E-state index contributed by atoms with van der Waals surface area (Å²) in [5, 5.41) is 3.29. The van der Waals surface area contributed by atoms with Gasteiger partial charge in [-0.3, -0.25) is 4.98 Å². The Bertz CT molecular complexity index is 553. The number of hydrogen-bond donors (Lipinski definition) is 1. The number of benzene rings is 1. The maximum atomic E-state index is 11.8. The van der Waals surface area contributed by atoms with E-state index in [0.717, 1.165) is 24.1 Å². The van der Waals surface area contributed by atoms with Gasteiger partial charge in [0, 0.05) is 24.6 Å².